The number of urea groups is 1. The number of carbonyl (C=O) groups is 1. The predicted octanol–water partition coefficient (Wildman–Crippen LogP) is 2.43. The van der Waals surface area contributed by atoms with Gasteiger partial charge in [0.1, 0.15) is 0 Å². The van der Waals surface area contributed by atoms with Crippen molar-refractivity contribution in [3.05, 3.63) is 23.2 Å². The third kappa shape index (κ3) is 3.83. The second-order valence-corrected chi connectivity index (χ2v) is 6.02. The molecule has 0 spiro atoms. The highest BCUT2D eigenvalue weighted by Crippen LogP contribution is 2.29. The Morgan fingerprint density at radius 3 is 2.71 bits per heavy atom. The summed E-state index contributed by atoms with van der Waals surface area (Å²) in [6, 6.07) is 0.959. The van der Waals surface area contributed by atoms with E-state index in [0.717, 1.165) is 25.6 Å². The molecule has 21 heavy (non-hydrogen) atoms. The van der Waals surface area contributed by atoms with Crippen LogP contribution in [0.1, 0.15) is 12.8 Å². The standard InChI is InChI=1S/C14H18ClFN4O/c15-13-12(16)7-11(8-17-13)18-14(21)20-5-3-19(4-6-20)9-10-1-2-10/h7-8,10H,1-6,9H2,(H,18,21). The lowest BCUT2D eigenvalue weighted by Crippen LogP contribution is -2.50. The van der Waals surface area contributed by atoms with E-state index < -0.39 is 5.82 Å². The summed E-state index contributed by atoms with van der Waals surface area (Å²) < 4.78 is 13.3. The lowest BCUT2D eigenvalue weighted by atomic mass is 10.3. The fourth-order valence-electron chi connectivity index (χ4n) is 2.49. The highest BCUT2D eigenvalue weighted by molar-refractivity contribution is 6.29. The van der Waals surface area contributed by atoms with Crippen LogP contribution in [0.15, 0.2) is 12.3 Å². The number of pyridine rings is 1. The van der Waals surface area contributed by atoms with Gasteiger partial charge >= 0.3 is 6.03 Å². The lowest BCUT2D eigenvalue weighted by Gasteiger charge is -2.34. The zero-order valence-corrected chi connectivity index (χ0v) is 12.4. The summed E-state index contributed by atoms with van der Waals surface area (Å²) in [6.45, 7) is 4.35. The number of hydrogen-bond acceptors (Lipinski definition) is 3. The van der Waals surface area contributed by atoms with E-state index in [2.05, 4.69) is 15.2 Å². The molecule has 0 atom stereocenters. The molecule has 3 rings (SSSR count). The summed E-state index contributed by atoms with van der Waals surface area (Å²) >= 11 is 5.51. The first kappa shape index (κ1) is 14.5. The number of carbonyl (C=O) groups excluding carboxylic acids is 1. The molecule has 0 aromatic carbocycles. The van der Waals surface area contributed by atoms with E-state index in [0.29, 0.717) is 18.8 Å². The van der Waals surface area contributed by atoms with Crippen LogP contribution >= 0.6 is 11.6 Å². The molecule has 2 amide bonds. The zero-order chi connectivity index (χ0) is 14.8. The van der Waals surface area contributed by atoms with Gasteiger partial charge in [-0.05, 0) is 18.8 Å². The molecule has 0 unspecified atom stereocenters. The normalized spacial score (nSPS) is 19.6. The molecule has 1 aliphatic heterocycles. The molecule has 114 valence electrons. The summed E-state index contributed by atoms with van der Waals surface area (Å²) in [5.41, 5.74) is 0.322. The van der Waals surface area contributed by atoms with Gasteiger partial charge in [-0.15, -0.1) is 0 Å². The van der Waals surface area contributed by atoms with E-state index in [1.54, 1.807) is 4.90 Å². The highest BCUT2D eigenvalue weighted by Gasteiger charge is 2.27. The van der Waals surface area contributed by atoms with Gasteiger partial charge in [-0.2, -0.15) is 0 Å². The van der Waals surface area contributed by atoms with Crippen molar-refractivity contribution in [2.24, 2.45) is 5.92 Å². The van der Waals surface area contributed by atoms with Crippen molar-refractivity contribution >= 4 is 23.3 Å². The van der Waals surface area contributed by atoms with Crippen molar-refractivity contribution in [1.82, 2.24) is 14.8 Å². The Balaban J connectivity index is 1.50. The molecule has 0 bridgehead atoms. The van der Waals surface area contributed by atoms with Crippen LogP contribution in [0.5, 0.6) is 0 Å². The highest BCUT2D eigenvalue weighted by atomic mass is 35.5. The Kier molecular flexibility index (Phi) is 4.26. The van der Waals surface area contributed by atoms with Crippen molar-refractivity contribution in [3.8, 4) is 0 Å². The van der Waals surface area contributed by atoms with Crippen molar-refractivity contribution < 1.29 is 9.18 Å². The van der Waals surface area contributed by atoms with Gasteiger partial charge in [0.25, 0.3) is 0 Å². The summed E-state index contributed by atoms with van der Waals surface area (Å²) in [4.78, 5) is 19.9. The van der Waals surface area contributed by atoms with Crippen molar-refractivity contribution in [3.63, 3.8) is 0 Å². The quantitative estimate of drug-likeness (QED) is 0.872. The molecule has 1 aliphatic carbocycles. The van der Waals surface area contributed by atoms with E-state index in [4.69, 9.17) is 11.6 Å². The van der Waals surface area contributed by atoms with Crippen LogP contribution in [0.25, 0.3) is 0 Å². The van der Waals surface area contributed by atoms with Gasteiger partial charge < -0.3 is 10.2 Å². The van der Waals surface area contributed by atoms with Crippen LogP contribution in [0.2, 0.25) is 5.15 Å². The molecule has 2 heterocycles. The number of nitrogens with one attached hydrogen (secondary N) is 1. The van der Waals surface area contributed by atoms with Gasteiger partial charge in [-0.25, -0.2) is 14.2 Å². The van der Waals surface area contributed by atoms with Gasteiger partial charge in [0.2, 0.25) is 0 Å². The van der Waals surface area contributed by atoms with Crippen molar-refractivity contribution in [2.45, 2.75) is 12.8 Å². The summed E-state index contributed by atoms with van der Waals surface area (Å²) in [6.07, 6.45) is 4.04. The Hall–Kier alpha value is -1.40. The number of halogens is 2. The largest absolute Gasteiger partial charge is 0.322 e. The maximum atomic E-state index is 13.3. The average Bonchev–Trinajstić information content (AvgIpc) is 3.28. The lowest BCUT2D eigenvalue weighted by molar-refractivity contribution is 0.144. The van der Waals surface area contributed by atoms with Gasteiger partial charge in [-0.3, -0.25) is 4.90 Å². The van der Waals surface area contributed by atoms with E-state index in [-0.39, 0.29) is 11.2 Å². The maximum absolute atomic E-state index is 13.3. The number of rotatable bonds is 3. The van der Waals surface area contributed by atoms with E-state index in [1.165, 1.54) is 25.1 Å². The number of nitrogens with zero attached hydrogens (tertiary/aromatic N) is 3. The fourth-order valence-corrected chi connectivity index (χ4v) is 2.59. The van der Waals surface area contributed by atoms with Gasteiger partial charge in [0.05, 0.1) is 11.9 Å². The molecule has 5 nitrogen and oxygen atoms in total. The number of piperazine rings is 1. The first-order valence-electron chi connectivity index (χ1n) is 7.21. The summed E-state index contributed by atoms with van der Waals surface area (Å²) in [5.74, 6) is 0.234. The Bertz CT molecular complexity index is 530. The molecule has 1 N–H and O–H groups in total. The first-order valence-corrected chi connectivity index (χ1v) is 7.59. The van der Waals surface area contributed by atoms with E-state index in [9.17, 15) is 9.18 Å². The second kappa shape index (κ2) is 6.15. The van der Waals surface area contributed by atoms with Crippen molar-refractivity contribution in [1.29, 1.82) is 0 Å². The molecule has 1 aromatic heterocycles. The SMILES string of the molecule is O=C(Nc1cnc(Cl)c(F)c1)N1CCN(CC2CC2)CC1. The molecule has 2 aliphatic rings. The van der Waals surface area contributed by atoms with Gasteiger partial charge in [0, 0.05) is 38.8 Å². The molecule has 0 radical (unpaired) electrons. The van der Waals surface area contributed by atoms with Crippen LogP contribution in [0.4, 0.5) is 14.9 Å². The number of amides is 2. The minimum Gasteiger partial charge on any atom is -0.322 e. The second-order valence-electron chi connectivity index (χ2n) is 5.66. The maximum Gasteiger partial charge on any atom is 0.321 e. The summed E-state index contributed by atoms with van der Waals surface area (Å²) in [5, 5.41) is 2.46. The third-order valence-electron chi connectivity index (χ3n) is 3.92. The van der Waals surface area contributed by atoms with Gasteiger partial charge in [0.15, 0.2) is 11.0 Å². The topological polar surface area (TPSA) is 48.5 Å². The Labute approximate surface area is 128 Å². The average molecular weight is 313 g/mol. The fraction of sp³-hybridized carbons (Fsp3) is 0.571. The molecule has 1 saturated carbocycles. The number of anilines is 1. The third-order valence-corrected chi connectivity index (χ3v) is 4.20. The predicted molar refractivity (Wildman–Crippen MR) is 79.0 cm³/mol. The van der Waals surface area contributed by atoms with E-state index in [1.807, 2.05) is 0 Å². The van der Waals surface area contributed by atoms with Gasteiger partial charge in [-0.1, -0.05) is 11.6 Å². The molecule has 1 saturated heterocycles. The van der Waals surface area contributed by atoms with Crippen LogP contribution < -0.4 is 5.32 Å². The van der Waals surface area contributed by atoms with Crippen LogP contribution in [0.3, 0.4) is 0 Å². The zero-order valence-electron chi connectivity index (χ0n) is 11.7. The molecular weight excluding hydrogens is 295 g/mol. The molecular formula is C14H18ClFN4O. The van der Waals surface area contributed by atoms with Crippen LogP contribution in [-0.4, -0.2) is 53.5 Å². The minimum absolute atomic E-state index is 0.193. The monoisotopic (exact) mass is 312 g/mol. The number of hydrogen-bond donors (Lipinski definition) is 1. The van der Waals surface area contributed by atoms with Crippen LogP contribution in [0, 0.1) is 11.7 Å². The Morgan fingerprint density at radius 1 is 1.38 bits per heavy atom. The molecule has 1 aromatic rings. The molecule has 7 heteroatoms. The summed E-state index contributed by atoms with van der Waals surface area (Å²) in [7, 11) is 0. The minimum atomic E-state index is -0.635. The van der Waals surface area contributed by atoms with Crippen molar-refractivity contribution in [2.75, 3.05) is 38.0 Å². The van der Waals surface area contributed by atoms with E-state index >= 15 is 0 Å². The van der Waals surface area contributed by atoms with Crippen LogP contribution in [-0.2, 0) is 0 Å². The Morgan fingerprint density at radius 2 is 2.10 bits per heavy atom. The number of aromatic nitrogens is 1. The smallest absolute Gasteiger partial charge is 0.321 e. The first-order chi connectivity index (χ1) is 10.1. The molecule has 2 fully saturated rings.